The quantitative estimate of drug-likeness (QED) is 0.168. The van der Waals surface area contributed by atoms with Crippen molar-refractivity contribution in [2.45, 2.75) is 5.41 Å². The summed E-state index contributed by atoms with van der Waals surface area (Å²) in [7, 11) is 0. The molecule has 0 fully saturated rings. The number of rotatable bonds is 6. The van der Waals surface area contributed by atoms with Crippen molar-refractivity contribution in [2.75, 3.05) is 4.90 Å². The molecule has 9 aromatic carbocycles. The molecule has 10 aromatic rings. The Balaban J connectivity index is 1.25. The van der Waals surface area contributed by atoms with E-state index < -0.39 is 5.41 Å². The van der Waals surface area contributed by atoms with Gasteiger partial charge in [-0.05, 0) is 93.4 Å². The number of hydrogen-bond donors (Lipinski definition) is 0. The standard InChI is InChI=1S/C53H36N2/c1-5-19-37(20-6-1)53(38-21-7-2-8-22-38)47-31-17-15-30-45(47)52-44-29-14-13-27-42(44)51(36-48(52)53)54(39-23-9-3-10-24-39)41-33-34-50-46(35-41)43-28-16-18-32-49(43)55(50)40-25-11-4-12-26-40/h1-36H. The zero-order valence-electron chi connectivity index (χ0n) is 30.2. The van der Waals surface area contributed by atoms with Gasteiger partial charge in [0.05, 0.1) is 22.1 Å². The van der Waals surface area contributed by atoms with Crippen LogP contribution in [0.15, 0.2) is 218 Å². The summed E-state index contributed by atoms with van der Waals surface area (Å²) in [5, 5.41) is 4.92. The normalized spacial score (nSPS) is 12.9. The van der Waals surface area contributed by atoms with Crippen molar-refractivity contribution in [3.8, 4) is 16.8 Å². The van der Waals surface area contributed by atoms with Crippen molar-refractivity contribution >= 4 is 49.6 Å². The largest absolute Gasteiger partial charge is 0.310 e. The maximum Gasteiger partial charge on any atom is 0.0714 e. The Morgan fingerprint density at radius 3 is 1.62 bits per heavy atom. The van der Waals surface area contributed by atoms with Crippen LogP contribution in [0.3, 0.4) is 0 Å². The molecule has 1 aliphatic rings. The lowest BCUT2D eigenvalue weighted by Crippen LogP contribution is -2.28. The molecule has 1 heterocycles. The summed E-state index contributed by atoms with van der Waals surface area (Å²) in [6, 6.07) is 80.0. The third-order valence-electron chi connectivity index (χ3n) is 11.6. The summed E-state index contributed by atoms with van der Waals surface area (Å²) in [5.74, 6) is 0. The molecular formula is C53H36N2. The third-order valence-corrected chi connectivity index (χ3v) is 11.6. The lowest BCUT2D eigenvalue weighted by atomic mass is 9.67. The Labute approximate surface area is 320 Å². The summed E-state index contributed by atoms with van der Waals surface area (Å²) in [6.45, 7) is 0. The molecular weight excluding hydrogens is 665 g/mol. The molecule has 0 radical (unpaired) electrons. The molecule has 0 N–H and O–H groups in total. The van der Waals surface area contributed by atoms with Crippen LogP contribution in [0.2, 0.25) is 0 Å². The van der Waals surface area contributed by atoms with Crippen LogP contribution < -0.4 is 4.90 Å². The number of aromatic nitrogens is 1. The van der Waals surface area contributed by atoms with Gasteiger partial charge in [-0.2, -0.15) is 0 Å². The molecule has 0 unspecified atom stereocenters. The van der Waals surface area contributed by atoms with Crippen LogP contribution in [0.5, 0.6) is 0 Å². The molecule has 55 heavy (non-hydrogen) atoms. The number of benzene rings is 9. The van der Waals surface area contributed by atoms with Crippen molar-refractivity contribution in [1.29, 1.82) is 0 Å². The van der Waals surface area contributed by atoms with Gasteiger partial charge in [0.15, 0.2) is 0 Å². The molecule has 2 nitrogen and oxygen atoms in total. The van der Waals surface area contributed by atoms with Gasteiger partial charge in [0.25, 0.3) is 0 Å². The Morgan fingerprint density at radius 2 is 0.909 bits per heavy atom. The molecule has 1 aromatic heterocycles. The van der Waals surface area contributed by atoms with Crippen LogP contribution >= 0.6 is 0 Å². The molecule has 0 amide bonds. The fourth-order valence-electron chi connectivity index (χ4n) is 9.42. The van der Waals surface area contributed by atoms with Crippen LogP contribution in [-0.2, 0) is 5.41 Å². The molecule has 0 bridgehead atoms. The maximum atomic E-state index is 2.50. The van der Waals surface area contributed by atoms with E-state index in [0.717, 1.165) is 22.7 Å². The van der Waals surface area contributed by atoms with Crippen LogP contribution in [-0.4, -0.2) is 4.57 Å². The first-order chi connectivity index (χ1) is 27.3. The number of para-hydroxylation sites is 3. The highest BCUT2D eigenvalue weighted by molar-refractivity contribution is 6.13. The van der Waals surface area contributed by atoms with Gasteiger partial charge in [0.2, 0.25) is 0 Å². The lowest BCUT2D eigenvalue weighted by Gasteiger charge is -2.35. The average Bonchev–Trinajstić information content (AvgIpc) is 3.76. The van der Waals surface area contributed by atoms with Gasteiger partial charge in [-0.1, -0.05) is 164 Å². The van der Waals surface area contributed by atoms with Gasteiger partial charge in [-0.3, -0.25) is 0 Å². The number of nitrogens with zero attached hydrogens (tertiary/aromatic N) is 2. The molecule has 11 rings (SSSR count). The van der Waals surface area contributed by atoms with Crippen LogP contribution in [0.1, 0.15) is 22.3 Å². The Morgan fingerprint density at radius 1 is 0.364 bits per heavy atom. The van der Waals surface area contributed by atoms with E-state index in [1.54, 1.807) is 0 Å². The number of fused-ring (bicyclic) bond motifs is 8. The first-order valence-electron chi connectivity index (χ1n) is 19.0. The summed E-state index contributed by atoms with van der Waals surface area (Å²) in [4.78, 5) is 2.47. The van der Waals surface area contributed by atoms with Gasteiger partial charge in [-0.15, -0.1) is 0 Å². The summed E-state index contributed by atoms with van der Waals surface area (Å²) < 4.78 is 2.39. The van der Waals surface area contributed by atoms with E-state index in [0.29, 0.717) is 0 Å². The van der Waals surface area contributed by atoms with Gasteiger partial charge in [0, 0.05) is 33.2 Å². The van der Waals surface area contributed by atoms with Crippen molar-refractivity contribution < 1.29 is 0 Å². The SMILES string of the molecule is c1ccc(N(c2ccc3c(c2)c2ccccc2n3-c2ccccc2)c2cc3c(c4ccccc24)-c2ccccc2C3(c2ccccc2)c2ccccc2)cc1. The maximum absolute atomic E-state index is 2.50. The smallest absolute Gasteiger partial charge is 0.0714 e. The van der Waals surface area contributed by atoms with E-state index in [4.69, 9.17) is 0 Å². The molecule has 1 aliphatic carbocycles. The minimum Gasteiger partial charge on any atom is -0.310 e. The first-order valence-corrected chi connectivity index (χ1v) is 19.0. The second kappa shape index (κ2) is 12.5. The van der Waals surface area contributed by atoms with Crippen molar-refractivity contribution in [2.24, 2.45) is 0 Å². The zero-order valence-corrected chi connectivity index (χ0v) is 30.2. The van der Waals surface area contributed by atoms with E-state index in [2.05, 4.69) is 228 Å². The average molecular weight is 701 g/mol. The van der Waals surface area contributed by atoms with E-state index in [1.807, 2.05) is 0 Å². The molecule has 2 heteroatoms. The van der Waals surface area contributed by atoms with Crippen molar-refractivity contribution in [1.82, 2.24) is 4.57 Å². The minimum absolute atomic E-state index is 0.525. The Hall–Kier alpha value is -7.16. The van der Waals surface area contributed by atoms with Crippen LogP contribution in [0.25, 0.3) is 49.4 Å². The highest BCUT2D eigenvalue weighted by Crippen LogP contribution is 2.59. The molecule has 0 spiro atoms. The highest BCUT2D eigenvalue weighted by Gasteiger charge is 2.47. The molecule has 258 valence electrons. The number of hydrogen-bond acceptors (Lipinski definition) is 1. The van der Waals surface area contributed by atoms with E-state index in [-0.39, 0.29) is 0 Å². The minimum atomic E-state index is -0.525. The number of anilines is 3. The first kappa shape index (κ1) is 31.4. The Kier molecular flexibility index (Phi) is 7.11. The fourth-order valence-corrected chi connectivity index (χ4v) is 9.42. The second-order valence-corrected chi connectivity index (χ2v) is 14.5. The van der Waals surface area contributed by atoms with Crippen LogP contribution in [0, 0.1) is 0 Å². The van der Waals surface area contributed by atoms with Gasteiger partial charge in [-0.25, -0.2) is 0 Å². The molecule has 0 saturated heterocycles. The van der Waals surface area contributed by atoms with E-state index in [1.165, 1.54) is 66.0 Å². The van der Waals surface area contributed by atoms with Crippen molar-refractivity contribution in [3.05, 3.63) is 241 Å². The van der Waals surface area contributed by atoms with E-state index in [9.17, 15) is 0 Å². The lowest BCUT2D eigenvalue weighted by molar-refractivity contribution is 0.769. The fraction of sp³-hybridized carbons (Fsp3) is 0.0189. The van der Waals surface area contributed by atoms with Gasteiger partial charge >= 0.3 is 0 Å². The predicted molar refractivity (Wildman–Crippen MR) is 230 cm³/mol. The summed E-state index contributed by atoms with van der Waals surface area (Å²) in [5.41, 5.74) is 14.1. The summed E-state index contributed by atoms with van der Waals surface area (Å²) in [6.07, 6.45) is 0. The molecule has 0 atom stereocenters. The van der Waals surface area contributed by atoms with E-state index >= 15 is 0 Å². The van der Waals surface area contributed by atoms with Crippen molar-refractivity contribution in [3.63, 3.8) is 0 Å². The van der Waals surface area contributed by atoms with Gasteiger partial charge in [0.1, 0.15) is 0 Å². The Bertz CT molecular complexity index is 2980. The van der Waals surface area contributed by atoms with Crippen LogP contribution in [0.4, 0.5) is 17.1 Å². The summed E-state index contributed by atoms with van der Waals surface area (Å²) >= 11 is 0. The predicted octanol–water partition coefficient (Wildman–Crippen LogP) is 13.8. The molecule has 0 aliphatic heterocycles. The topological polar surface area (TPSA) is 8.17 Å². The third kappa shape index (κ3) is 4.62. The molecule has 0 saturated carbocycles. The zero-order chi connectivity index (χ0) is 36.3. The second-order valence-electron chi connectivity index (χ2n) is 14.5. The highest BCUT2D eigenvalue weighted by atomic mass is 15.1. The monoisotopic (exact) mass is 700 g/mol. The van der Waals surface area contributed by atoms with Gasteiger partial charge < -0.3 is 9.47 Å².